The van der Waals surface area contributed by atoms with Crippen molar-refractivity contribution in [3.8, 4) is 11.3 Å². The topological polar surface area (TPSA) is 80.0 Å². The number of oxazole rings is 1. The Bertz CT molecular complexity index is 995. The Morgan fingerprint density at radius 1 is 1.14 bits per heavy atom. The van der Waals surface area contributed by atoms with Crippen molar-refractivity contribution in [3.63, 3.8) is 0 Å². The van der Waals surface area contributed by atoms with Crippen molar-refractivity contribution >= 4 is 22.5 Å². The minimum absolute atomic E-state index is 0.00260. The smallest absolute Gasteiger partial charge is 0.228 e. The molecule has 6 nitrogen and oxygen atoms in total. The Morgan fingerprint density at radius 3 is 2.69 bits per heavy atom. The summed E-state index contributed by atoms with van der Waals surface area (Å²) in [4.78, 5) is 21.2. The highest BCUT2D eigenvalue weighted by Crippen LogP contribution is 2.28. The maximum absolute atomic E-state index is 12.7. The van der Waals surface area contributed by atoms with E-state index in [4.69, 9.17) is 4.42 Å². The van der Waals surface area contributed by atoms with Crippen LogP contribution in [-0.2, 0) is 4.79 Å². The molecule has 1 aliphatic rings. The summed E-state index contributed by atoms with van der Waals surface area (Å²) in [5.41, 5.74) is 0.931. The molecule has 0 bridgehead atoms. The van der Waals surface area contributed by atoms with Gasteiger partial charge in [0.25, 0.3) is 0 Å². The first-order valence-corrected chi connectivity index (χ1v) is 10.0. The van der Waals surface area contributed by atoms with Crippen LogP contribution < -0.4 is 10.6 Å². The van der Waals surface area contributed by atoms with Crippen LogP contribution in [0.15, 0.2) is 41.1 Å². The van der Waals surface area contributed by atoms with E-state index >= 15 is 0 Å². The fourth-order valence-corrected chi connectivity index (χ4v) is 3.90. The first kappa shape index (κ1) is 19.5. The van der Waals surface area contributed by atoms with Crippen LogP contribution in [0.4, 0.5) is 10.2 Å². The van der Waals surface area contributed by atoms with Crippen LogP contribution in [0.1, 0.15) is 31.6 Å². The van der Waals surface area contributed by atoms with Crippen LogP contribution >= 0.6 is 0 Å². The lowest BCUT2D eigenvalue weighted by Crippen LogP contribution is -2.37. The Hall–Kier alpha value is -2.80. The quantitative estimate of drug-likeness (QED) is 0.651. The predicted octanol–water partition coefficient (Wildman–Crippen LogP) is 4.25. The number of aromatic nitrogens is 2. The SMILES string of the molecule is Cc1ncc(-c2ccc3cnc(NC(=O)C4CCC(NCCF)CC4)cc3c2)o1. The molecule has 3 aromatic rings. The van der Waals surface area contributed by atoms with E-state index in [1.807, 2.05) is 31.2 Å². The molecule has 0 atom stereocenters. The summed E-state index contributed by atoms with van der Waals surface area (Å²) in [6.07, 6.45) is 6.86. The zero-order chi connectivity index (χ0) is 20.2. The number of alkyl halides is 1. The molecule has 0 saturated heterocycles. The number of carbonyl (C=O) groups excluding carboxylic acids is 1. The number of fused-ring (bicyclic) bond motifs is 1. The van der Waals surface area contributed by atoms with E-state index in [0.29, 0.717) is 30.1 Å². The Morgan fingerprint density at radius 2 is 1.97 bits per heavy atom. The van der Waals surface area contributed by atoms with Crippen LogP contribution in [0.25, 0.3) is 22.1 Å². The third kappa shape index (κ3) is 4.62. The highest BCUT2D eigenvalue weighted by molar-refractivity contribution is 5.94. The van der Waals surface area contributed by atoms with Gasteiger partial charge in [-0.25, -0.2) is 14.4 Å². The minimum atomic E-state index is -0.355. The molecule has 1 aliphatic carbocycles. The number of carbonyl (C=O) groups is 1. The normalized spacial score (nSPS) is 19.4. The fourth-order valence-electron chi connectivity index (χ4n) is 3.90. The Balaban J connectivity index is 1.43. The van der Waals surface area contributed by atoms with Crippen molar-refractivity contribution in [1.29, 1.82) is 0 Å². The summed E-state index contributed by atoms with van der Waals surface area (Å²) in [5, 5.41) is 8.11. The maximum atomic E-state index is 12.7. The molecule has 2 heterocycles. The van der Waals surface area contributed by atoms with Gasteiger partial charge < -0.3 is 15.1 Å². The molecular formula is C22H25FN4O2. The molecule has 1 saturated carbocycles. The summed E-state index contributed by atoms with van der Waals surface area (Å²) in [5.74, 6) is 1.86. The highest BCUT2D eigenvalue weighted by atomic mass is 19.1. The molecule has 7 heteroatoms. The van der Waals surface area contributed by atoms with Gasteiger partial charge in [-0.05, 0) is 43.2 Å². The highest BCUT2D eigenvalue weighted by Gasteiger charge is 2.26. The molecule has 0 radical (unpaired) electrons. The van der Waals surface area contributed by atoms with Gasteiger partial charge in [0.1, 0.15) is 12.5 Å². The first-order valence-electron chi connectivity index (χ1n) is 10.0. The molecule has 4 rings (SSSR count). The van der Waals surface area contributed by atoms with Crippen molar-refractivity contribution < 1.29 is 13.6 Å². The second-order valence-corrected chi connectivity index (χ2v) is 7.56. The van der Waals surface area contributed by atoms with Gasteiger partial charge in [-0.15, -0.1) is 0 Å². The summed E-state index contributed by atoms with van der Waals surface area (Å²) in [6, 6.07) is 8.15. The minimum Gasteiger partial charge on any atom is -0.441 e. The molecule has 0 unspecified atom stereocenters. The van der Waals surface area contributed by atoms with Crippen molar-refractivity contribution in [3.05, 3.63) is 42.5 Å². The Kier molecular flexibility index (Phi) is 5.85. The van der Waals surface area contributed by atoms with Crippen LogP contribution in [0.3, 0.4) is 0 Å². The van der Waals surface area contributed by atoms with E-state index in [-0.39, 0.29) is 18.5 Å². The average molecular weight is 396 g/mol. The lowest BCUT2D eigenvalue weighted by atomic mass is 9.85. The standard InChI is InChI=1S/C22H25FN4O2/c1-14-25-13-20(29-14)16-2-3-17-12-26-21(11-18(17)10-16)27-22(28)15-4-6-19(7-5-15)24-9-8-23/h2-3,10-13,15,19,24H,4-9H2,1H3,(H,26,27,28). The van der Waals surface area contributed by atoms with E-state index in [2.05, 4.69) is 20.6 Å². The van der Waals surface area contributed by atoms with E-state index in [0.717, 1.165) is 42.0 Å². The van der Waals surface area contributed by atoms with Gasteiger partial charge in [0, 0.05) is 42.6 Å². The number of rotatable bonds is 6. The number of aryl methyl sites for hydroxylation is 1. The monoisotopic (exact) mass is 396 g/mol. The van der Waals surface area contributed by atoms with Gasteiger partial charge >= 0.3 is 0 Å². The summed E-state index contributed by atoms with van der Waals surface area (Å²) in [6.45, 7) is 1.84. The number of nitrogens with one attached hydrogen (secondary N) is 2. The van der Waals surface area contributed by atoms with Gasteiger partial charge in [-0.2, -0.15) is 0 Å². The predicted molar refractivity (Wildman–Crippen MR) is 110 cm³/mol. The van der Waals surface area contributed by atoms with Crippen molar-refractivity contribution in [2.24, 2.45) is 5.92 Å². The van der Waals surface area contributed by atoms with Crippen molar-refractivity contribution in [2.75, 3.05) is 18.5 Å². The van der Waals surface area contributed by atoms with E-state index in [1.165, 1.54) is 0 Å². The molecule has 29 heavy (non-hydrogen) atoms. The first-order chi connectivity index (χ1) is 14.1. The third-order valence-corrected chi connectivity index (χ3v) is 5.50. The van der Waals surface area contributed by atoms with Crippen LogP contribution in [0.2, 0.25) is 0 Å². The molecule has 2 N–H and O–H groups in total. The van der Waals surface area contributed by atoms with Crippen molar-refractivity contribution in [1.82, 2.24) is 15.3 Å². The molecule has 152 valence electrons. The Labute approximate surface area is 168 Å². The number of pyridine rings is 1. The third-order valence-electron chi connectivity index (χ3n) is 5.50. The van der Waals surface area contributed by atoms with E-state index in [1.54, 1.807) is 12.4 Å². The molecule has 1 fully saturated rings. The van der Waals surface area contributed by atoms with Gasteiger partial charge in [0.15, 0.2) is 11.7 Å². The van der Waals surface area contributed by atoms with Crippen LogP contribution in [-0.4, -0.2) is 35.1 Å². The zero-order valence-electron chi connectivity index (χ0n) is 16.5. The summed E-state index contributed by atoms with van der Waals surface area (Å²) < 4.78 is 17.9. The van der Waals surface area contributed by atoms with Crippen LogP contribution in [0.5, 0.6) is 0 Å². The van der Waals surface area contributed by atoms with Gasteiger partial charge in [-0.3, -0.25) is 4.79 Å². The molecule has 1 amide bonds. The molecule has 0 aliphatic heterocycles. The molecule has 2 aromatic heterocycles. The van der Waals surface area contributed by atoms with Gasteiger partial charge in [0.05, 0.1) is 6.20 Å². The van der Waals surface area contributed by atoms with Gasteiger partial charge in [0.2, 0.25) is 5.91 Å². The summed E-state index contributed by atoms with van der Waals surface area (Å²) in [7, 11) is 0. The second-order valence-electron chi connectivity index (χ2n) is 7.56. The number of benzene rings is 1. The van der Waals surface area contributed by atoms with Crippen molar-refractivity contribution in [2.45, 2.75) is 38.6 Å². The molecule has 0 spiro atoms. The molecular weight excluding hydrogens is 371 g/mol. The summed E-state index contributed by atoms with van der Waals surface area (Å²) >= 11 is 0. The number of nitrogens with zero attached hydrogens (tertiary/aromatic N) is 2. The number of anilines is 1. The number of halogens is 1. The lowest BCUT2D eigenvalue weighted by Gasteiger charge is -2.28. The lowest BCUT2D eigenvalue weighted by molar-refractivity contribution is -0.120. The zero-order valence-corrected chi connectivity index (χ0v) is 16.5. The second kappa shape index (κ2) is 8.69. The van der Waals surface area contributed by atoms with Crippen LogP contribution in [0, 0.1) is 12.8 Å². The average Bonchev–Trinajstić information content (AvgIpc) is 3.18. The maximum Gasteiger partial charge on any atom is 0.228 e. The number of amides is 1. The van der Waals surface area contributed by atoms with E-state index in [9.17, 15) is 9.18 Å². The van der Waals surface area contributed by atoms with Gasteiger partial charge in [-0.1, -0.05) is 12.1 Å². The van der Waals surface area contributed by atoms with E-state index < -0.39 is 0 Å². The number of hydrogen-bond donors (Lipinski definition) is 2. The number of hydrogen-bond acceptors (Lipinski definition) is 5. The fraction of sp³-hybridized carbons (Fsp3) is 0.409. The molecule has 1 aromatic carbocycles. The largest absolute Gasteiger partial charge is 0.441 e.